The first kappa shape index (κ1) is 15.5. The van der Waals surface area contributed by atoms with Gasteiger partial charge in [-0.15, -0.1) is 0 Å². The Labute approximate surface area is 133 Å². The molecule has 1 aromatic heterocycles. The Morgan fingerprint density at radius 3 is 2.78 bits per heavy atom. The van der Waals surface area contributed by atoms with Crippen LogP contribution in [0.1, 0.15) is 23.2 Å². The standard InChI is InChI=1S/C17H20FN3O2/c1-19-15-7-4-8-21(11-14(15)17(23)20(19)2)16(22)10-12-5-3-6-13(18)9-12/h3,5-6,9H,4,7-8,10-11H2,1-2H3. The summed E-state index contributed by atoms with van der Waals surface area (Å²) in [6, 6.07) is 6.08. The fourth-order valence-electron chi connectivity index (χ4n) is 3.16. The first-order chi connectivity index (χ1) is 11.0. The Morgan fingerprint density at radius 2 is 2.04 bits per heavy atom. The van der Waals surface area contributed by atoms with Gasteiger partial charge < -0.3 is 4.90 Å². The van der Waals surface area contributed by atoms with Crippen molar-refractivity contribution in [1.29, 1.82) is 0 Å². The van der Waals surface area contributed by atoms with Crippen LogP contribution in [0.3, 0.4) is 0 Å². The van der Waals surface area contributed by atoms with Gasteiger partial charge in [0.1, 0.15) is 5.82 Å². The largest absolute Gasteiger partial charge is 0.338 e. The minimum absolute atomic E-state index is 0.0482. The van der Waals surface area contributed by atoms with E-state index in [1.165, 1.54) is 12.1 Å². The van der Waals surface area contributed by atoms with Gasteiger partial charge in [-0.05, 0) is 30.5 Å². The molecule has 0 saturated heterocycles. The van der Waals surface area contributed by atoms with Crippen molar-refractivity contribution in [3.05, 3.63) is 57.3 Å². The highest BCUT2D eigenvalue weighted by atomic mass is 19.1. The molecule has 2 aromatic rings. The highest BCUT2D eigenvalue weighted by Crippen LogP contribution is 2.17. The zero-order valence-electron chi connectivity index (χ0n) is 13.4. The second kappa shape index (κ2) is 6.02. The predicted octanol–water partition coefficient (Wildman–Crippen LogP) is 1.38. The Morgan fingerprint density at radius 1 is 1.26 bits per heavy atom. The highest BCUT2D eigenvalue weighted by molar-refractivity contribution is 5.78. The van der Waals surface area contributed by atoms with E-state index in [0.29, 0.717) is 24.2 Å². The van der Waals surface area contributed by atoms with Crippen LogP contribution in [0.15, 0.2) is 29.1 Å². The van der Waals surface area contributed by atoms with Crippen molar-refractivity contribution in [3.8, 4) is 0 Å². The molecular weight excluding hydrogens is 297 g/mol. The normalized spacial score (nSPS) is 14.5. The Bertz CT molecular complexity index is 807. The van der Waals surface area contributed by atoms with Crippen LogP contribution < -0.4 is 5.56 Å². The fourth-order valence-corrected chi connectivity index (χ4v) is 3.16. The second-order valence-corrected chi connectivity index (χ2v) is 6.00. The zero-order valence-corrected chi connectivity index (χ0v) is 13.4. The molecule has 0 N–H and O–H groups in total. The lowest BCUT2D eigenvalue weighted by Crippen LogP contribution is -2.34. The lowest BCUT2D eigenvalue weighted by molar-refractivity contribution is -0.131. The number of benzene rings is 1. The van der Waals surface area contributed by atoms with Gasteiger partial charge in [0.25, 0.3) is 5.56 Å². The molecule has 0 aliphatic carbocycles. The fraction of sp³-hybridized carbons (Fsp3) is 0.412. The van der Waals surface area contributed by atoms with E-state index >= 15 is 0 Å². The molecule has 1 aliphatic rings. The number of rotatable bonds is 2. The van der Waals surface area contributed by atoms with Crippen LogP contribution in [0.2, 0.25) is 0 Å². The Hall–Kier alpha value is -2.37. The highest BCUT2D eigenvalue weighted by Gasteiger charge is 2.24. The summed E-state index contributed by atoms with van der Waals surface area (Å²) >= 11 is 0. The van der Waals surface area contributed by atoms with Crippen molar-refractivity contribution in [3.63, 3.8) is 0 Å². The third-order valence-corrected chi connectivity index (χ3v) is 4.53. The number of hydrogen-bond donors (Lipinski definition) is 0. The molecule has 0 spiro atoms. The monoisotopic (exact) mass is 317 g/mol. The molecule has 0 bridgehead atoms. The summed E-state index contributed by atoms with van der Waals surface area (Å²) < 4.78 is 16.7. The van der Waals surface area contributed by atoms with Crippen LogP contribution in [0, 0.1) is 5.82 Å². The summed E-state index contributed by atoms with van der Waals surface area (Å²) in [7, 11) is 3.60. The van der Waals surface area contributed by atoms with E-state index in [1.807, 2.05) is 11.7 Å². The number of aromatic nitrogens is 2. The van der Waals surface area contributed by atoms with Gasteiger partial charge in [-0.1, -0.05) is 12.1 Å². The molecule has 5 nitrogen and oxygen atoms in total. The Kier molecular flexibility index (Phi) is 4.07. The summed E-state index contributed by atoms with van der Waals surface area (Å²) in [6.45, 7) is 0.947. The minimum Gasteiger partial charge on any atom is -0.338 e. The number of fused-ring (bicyclic) bond motifs is 1. The van der Waals surface area contributed by atoms with Crippen molar-refractivity contribution in [1.82, 2.24) is 14.3 Å². The van der Waals surface area contributed by atoms with Gasteiger partial charge in [-0.3, -0.25) is 19.0 Å². The van der Waals surface area contributed by atoms with Gasteiger partial charge in [-0.25, -0.2) is 4.39 Å². The molecule has 0 radical (unpaired) electrons. The molecule has 1 aromatic carbocycles. The molecule has 122 valence electrons. The third-order valence-electron chi connectivity index (χ3n) is 4.53. The number of halogens is 1. The van der Waals surface area contributed by atoms with Crippen LogP contribution in [-0.2, 0) is 38.3 Å². The lowest BCUT2D eigenvalue weighted by atomic mass is 10.1. The van der Waals surface area contributed by atoms with Crippen LogP contribution >= 0.6 is 0 Å². The third kappa shape index (κ3) is 2.93. The molecule has 1 amide bonds. The maximum absolute atomic E-state index is 13.3. The molecule has 1 aliphatic heterocycles. The molecule has 0 unspecified atom stereocenters. The van der Waals surface area contributed by atoms with Crippen molar-refractivity contribution in [2.45, 2.75) is 25.8 Å². The molecule has 23 heavy (non-hydrogen) atoms. The van der Waals surface area contributed by atoms with E-state index in [-0.39, 0.29) is 23.7 Å². The molecule has 0 saturated carbocycles. The van der Waals surface area contributed by atoms with E-state index in [2.05, 4.69) is 0 Å². The molecule has 2 heterocycles. The van der Waals surface area contributed by atoms with Crippen molar-refractivity contribution < 1.29 is 9.18 Å². The number of carbonyl (C=O) groups excluding carboxylic acids is 1. The second-order valence-electron chi connectivity index (χ2n) is 6.00. The van der Waals surface area contributed by atoms with Crippen LogP contribution in [-0.4, -0.2) is 26.7 Å². The summed E-state index contributed by atoms with van der Waals surface area (Å²) in [5.41, 5.74) is 2.30. The van der Waals surface area contributed by atoms with Crippen LogP contribution in [0.25, 0.3) is 0 Å². The van der Waals surface area contributed by atoms with E-state index in [0.717, 1.165) is 18.5 Å². The predicted molar refractivity (Wildman–Crippen MR) is 84.5 cm³/mol. The molecule has 6 heteroatoms. The Balaban J connectivity index is 1.82. The van der Waals surface area contributed by atoms with Crippen molar-refractivity contribution >= 4 is 5.91 Å². The van der Waals surface area contributed by atoms with Crippen LogP contribution in [0.4, 0.5) is 4.39 Å². The molecule has 0 fully saturated rings. The summed E-state index contributed by atoms with van der Waals surface area (Å²) in [5.74, 6) is -0.417. The van der Waals surface area contributed by atoms with Crippen molar-refractivity contribution in [2.75, 3.05) is 6.54 Å². The average Bonchev–Trinajstić information content (AvgIpc) is 2.71. The number of hydrogen-bond acceptors (Lipinski definition) is 2. The molecule has 0 atom stereocenters. The quantitative estimate of drug-likeness (QED) is 0.840. The van der Waals surface area contributed by atoms with Gasteiger partial charge in [0, 0.05) is 26.3 Å². The van der Waals surface area contributed by atoms with E-state index < -0.39 is 0 Å². The van der Waals surface area contributed by atoms with E-state index in [9.17, 15) is 14.0 Å². The SMILES string of the molecule is Cn1c2c(c(=O)n1C)CN(C(=O)Cc1cccc(F)c1)CCC2. The van der Waals surface area contributed by atoms with E-state index in [1.54, 1.807) is 28.8 Å². The van der Waals surface area contributed by atoms with Gasteiger partial charge in [0.2, 0.25) is 5.91 Å². The lowest BCUT2D eigenvalue weighted by Gasteiger charge is -2.20. The summed E-state index contributed by atoms with van der Waals surface area (Å²) in [4.78, 5) is 26.6. The van der Waals surface area contributed by atoms with Gasteiger partial charge in [0.05, 0.1) is 18.5 Å². The van der Waals surface area contributed by atoms with Crippen molar-refractivity contribution in [2.24, 2.45) is 14.1 Å². The summed E-state index contributed by atoms with van der Waals surface area (Å²) in [6.07, 6.45) is 1.76. The molecule has 3 rings (SSSR count). The van der Waals surface area contributed by atoms with Gasteiger partial charge in [0.15, 0.2) is 0 Å². The van der Waals surface area contributed by atoms with Crippen LogP contribution in [0.5, 0.6) is 0 Å². The first-order valence-electron chi connectivity index (χ1n) is 7.73. The maximum Gasteiger partial charge on any atom is 0.271 e. The zero-order chi connectivity index (χ0) is 16.6. The topological polar surface area (TPSA) is 47.2 Å². The average molecular weight is 317 g/mol. The number of amides is 1. The molecular formula is C17H20FN3O2. The number of carbonyl (C=O) groups is 1. The minimum atomic E-state index is -0.342. The van der Waals surface area contributed by atoms with Gasteiger partial charge >= 0.3 is 0 Å². The first-order valence-corrected chi connectivity index (χ1v) is 7.73. The maximum atomic E-state index is 13.3. The van der Waals surface area contributed by atoms with Gasteiger partial charge in [-0.2, -0.15) is 0 Å². The smallest absolute Gasteiger partial charge is 0.271 e. The number of nitrogens with zero attached hydrogens (tertiary/aromatic N) is 3. The van der Waals surface area contributed by atoms with E-state index in [4.69, 9.17) is 0 Å². The summed E-state index contributed by atoms with van der Waals surface area (Å²) in [5, 5.41) is 0.